The first-order valence-corrected chi connectivity index (χ1v) is 19.8. The van der Waals surface area contributed by atoms with E-state index in [9.17, 15) is 29.1 Å². The third-order valence-electron chi connectivity index (χ3n) is 9.86. The van der Waals surface area contributed by atoms with Gasteiger partial charge in [-0.25, -0.2) is 4.98 Å². The topological polar surface area (TPSA) is 158 Å². The normalized spacial score (nSPS) is 15.6. The van der Waals surface area contributed by atoms with E-state index in [4.69, 9.17) is 4.74 Å². The molecule has 1 aromatic heterocycles. The SMILES string of the molecule is CCCN(C)[C@@H](C(=O)N[C@H](C(=O)N(C)[C@H](C[C@@H](OC(C)=O)c1nc(C(=O)N[C@@H](Cc2ccccc2)C[C@H](C)C(=O)O)cs1)C(C)C)[C@@H](C)CC)C(C)C. The van der Waals surface area contributed by atoms with Gasteiger partial charge in [0, 0.05) is 37.9 Å². The van der Waals surface area contributed by atoms with Crippen LogP contribution in [0.4, 0.5) is 0 Å². The Morgan fingerprint density at radius 2 is 1.57 bits per heavy atom. The van der Waals surface area contributed by atoms with E-state index >= 15 is 0 Å². The molecule has 2 rings (SSSR count). The third-order valence-corrected chi connectivity index (χ3v) is 10.8. The first-order valence-electron chi connectivity index (χ1n) is 18.9. The maximum Gasteiger partial charge on any atom is 0.306 e. The number of likely N-dealkylation sites (N-methyl/N-ethyl adjacent to an activating group) is 2. The molecule has 53 heavy (non-hydrogen) atoms. The number of hydrogen-bond acceptors (Lipinski definition) is 9. The van der Waals surface area contributed by atoms with E-state index in [1.165, 1.54) is 18.3 Å². The summed E-state index contributed by atoms with van der Waals surface area (Å²) in [6, 6.07) is 7.51. The van der Waals surface area contributed by atoms with Crippen LogP contribution in [0.25, 0.3) is 0 Å². The van der Waals surface area contributed by atoms with E-state index in [0.717, 1.165) is 18.5 Å². The van der Waals surface area contributed by atoms with Crippen LogP contribution in [0.5, 0.6) is 0 Å². The smallest absolute Gasteiger partial charge is 0.306 e. The number of aliphatic carboxylic acids is 1. The Morgan fingerprint density at radius 3 is 2.09 bits per heavy atom. The summed E-state index contributed by atoms with van der Waals surface area (Å²) in [6.07, 6.45) is 1.61. The molecule has 3 N–H and O–H groups in total. The summed E-state index contributed by atoms with van der Waals surface area (Å²) in [5, 5.41) is 17.6. The van der Waals surface area contributed by atoms with Gasteiger partial charge in [0.2, 0.25) is 11.8 Å². The number of amides is 3. The second-order valence-electron chi connectivity index (χ2n) is 15.0. The molecule has 12 nitrogen and oxygen atoms in total. The number of ether oxygens (including phenoxy) is 1. The number of rotatable bonds is 22. The van der Waals surface area contributed by atoms with Crippen molar-refractivity contribution >= 4 is 41.0 Å². The lowest BCUT2D eigenvalue weighted by molar-refractivity contribution is -0.149. The van der Waals surface area contributed by atoms with Gasteiger partial charge >= 0.3 is 11.9 Å². The third kappa shape index (κ3) is 13.8. The molecule has 296 valence electrons. The van der Waals surface area contributed by atoms with E-state index in [2.05, 4.69) is 22.5 Å². The number of nitrogens with zero attached hydrogens (tertiary/aromatic N) is 3. The van der Waals surface area contributed by atoms with Crippen molar-refractivity contribution in [2.45, 2.75) is 125 Å². The van der Waals surface area contributed by atoms with Gasteiger partial charge in [0.25, 0.3) is 5.91 Å². The van der Waals surface area contributed by atoms with Gasteiger partial charge in [-0.15, -0.1) is 11.3 Å². The molecule has 1 heterocycles. The van der Waals surface area contributed by atoms with E-state index in [-0.39, 0.29) is 54.1 Å². The maximum absolute atomic E-state index is 14.3. The van der Waals surface area contributed by atoms with Crippen molar-refractivity contribution in [2.75, 3.05) is 20.6 Å². The van der Waals surface area contributed by atoms with Gasteiger partial charge in [-0.3, -0.25) is 28.9 Å². The second kappa shape index (κ2) is 21.8. The molecule has 0 radical (unpaired) electrons. The van der Waals surface area contributed by atoms with Gasteiger partial charge in [-0.05, 0) is 56.2 Å². The molecule has 7 atom stereocenters. The van der Waals surface area contributed by atoms with Crippen LogP contribution in [-0.4, -0.2) is 94.4 Å². The van der Waals surface area contributed by atoms with Crippen molar-refractivity contribution in [1.82, 2.24) is 25.4 Å². The molecule has 0 spiro atoms. The predicted molar refractivity (Wildman–Crippen MR) is 208 cm³/mol. The highest BCUT2D eigenvalue weighted by Crippen LogP contribution is 2.31. The van der Waals surface area contributed by atoms with Crippen LogP contribution in [0.1, 0.15) is 115 Å². The minimum atomic E-state index is -0.946. The molecular weight excluding hydrogens is 695 g/mol. The van der Waals surface area contributed by atoms with Crippen molar-refractivity contribution in [1.29, 1.82) is 0 Å². The van der Waals surface area contributed by atoms with E-state index < -0.39 is 48.0 Å². The second-order valence-corrected chi connectivity index (χ2v) is 15.9. The van der Waals surface area contributed by atoms with Crippen LogP contribution in [0, 0.1) is 23.7 Å². The molecule has 0 unspecified atom stereocenters. The number of carbonyl (C=O) groups excluding carboxylic acids is 4. The minimum absolute atomic E-state index is 0.0400. The minimum Gasteiger partial charge on any atom is -0.481 e. The predicted octanol–water partition coefficient (Wildman–Crippen LogP) is 5.97. The van der Waals surface area contributed by atoms with E-state index in [0.29, 0.717) is 17.8 Å². The molecule has 0 aliphatic heterocycles. The van der Waals surface area contributed by atoms with Crippen LogP contribution in [0.2, 0.25) is 0 Å². The number of thiazole rings is 1. The average Bonchev–Trinajstić information content (AvgIpc) is 3.59. The van der Waals surface area contributed by atoms with Crippen molar-refractivity contribution < 1.29 is 33.8 Å². The summed E-state index contributed by atoms with van der Waals surface area (Å²) >= 11 is 1.18. The van der Waals surface area contributed by atoms with Crippen LogP contribution >= 0.6 is 11.3 Å². The standard InChI is InChI=1S/C40H63N5O7S/c1-12-19-44(10)35(25(5)6)37(48)43-34(26(7)13-2)39(49)45(11)32(24(3)4)22-33(52-28(9)46)38-42-31(23-53-38)36(47)41-30(20-27(8)40(50)51)21-29-17-15-14-16-18-29/h14-18,23-27,30,32-35H,12-13,19-22H2,1-11H3,(H,41,47)(H,43,48)(H,50,51)/t26-,27-,30+,32+,33+,34-,35+/m0/s1. The van der Waals surface area contributed by atoms with Crippen LogP contribution < -0.4 is 10.6 Å². The number of benzene rings is 1. The zero-order valence-electron chi connectivity index (χ0n) is 33.5. The van der Waals surface area contributed by atoms with E-state index in [1.54, 1.807) is 24.3 Å². The Labute approximate surface area is 320 Å². The fourth-order valence-corrected chi connectivity index (χ4v) is 7.56. The molecular formula is C40H63N5O7S. The molecule has 2 aromatic rings. The summed E-state index contributed by atoms with van der Waals surface area (Å²) in [6.45, 7) is 17.7. The van der Waals surface area contributed by atoms with Gasteiger partial charge in [0.05, 0.1) is 12.0 Å². The lowest BCUT2D eigenvalue weighted by atomic mass is 9.92. The Kier molecular flexibility index (Phi) is 18.6. The van der Waals surface area contributed by atoms with Crippen molar-refractivity contribution in [2.24, 2.45) is 23.7 Å². The Bertz CT molecular complexity index is 1480. The highest BCUT2D eigenvalue weighted by atomic mass is 32.1. The summed E-state index contributed by atoms with van der Waals surface area (Å²) in [5.74, 6) is -3.19. The van der Waals surface area contributed by atoms with Crippen molar-refractivity contribution in [3.05, 3.63) is 52.0 Å². The van der Waals surface area contributed by atoms with Crippen LogP contribution in [-0.2, 0) is 30.3 Å². The number of carboxylic acid groups (broad SMARTS) is 1. The zero-order chi connectivity index (χ0) is 40.0. The number of nitrogens with one attached hydrogen (secondary N) is 2. The van der Waals surface area contributed by atoms with Crippen LogP contribution in [0.15, 0.2) is 35.7 Å². The highest BCUT2D eigenvalue weighted by molar-refractivity contribution is 7.09. The van der Waals surface area contributed by atoms with Gasteiger partial charge in [0.1, 0.15) is 16.7 Å². The Balaban J connectivity index is 2.35. The molecule has 0 aliphatic carbocycles. The van der Waals surface area contributed by atoms with Gasteiger partial charge in [0.15, 0.2) is 6.10 Å². The maximum atomic E-state index is 14.3. The van der Waals surface area contributed by atoms with E-state index in [1.807, 2.05) is 83.8 Å². The summed E-state index contributed by atoms with van der Waals surface area (Å²) in [7, 11) is 3.65. The Hall–Kier alpha value is -3.84. The summed E-state index contributed by atoms with van der Waals surface area (Å²) in [4.78, 5) is 73.8. The lowest BCUT2D eigenvalue weighted by Gasteiger charge is -2.38. The first-order chi connectivity index (χ1) is 24.9. The molecule has 13 heteroatoms. The molecule has 0 aliphatic rings. The quantitative estimate of drug-likeness (QED) is 0.123. The van der Waals surface area contributed by atoms with Crippen molar-refractivity contribution in [3.63, 3.8) is 0 Å². The number of aromatic nitrogens is 1. The monoisotopic (exact) mass is 757 g/mol. The lowest BCUT2D eigenvalue weighted by Crippen LogP contribution is -2.58. The number of carboxylic acids is 1. The largest absolute Gasteiger partial charge is 0.481 e. The molecule has 0 bridgehead atoms. The molecule has 0 fully saturated rings. The number of carbonyl (C=O) groups is 5. The zero-order valence-corrected chi connectivity index (χ0v) is 34.4. The first kappa shape index (κ1) is 45.3. The molecule has 1 aromatic carbocycles. The van der Waals surface area contributed by atoms with Gasteiger partial charge in [-0.2, -0.15) is 0 Å². The summed E-state index contributed by atoms with van der Waals surface area (Å²) in [5.41, 5.74) is 1.09. The van der Waals surface area contributed by atoms with Gasteiger partial charge in [-0.1, -0.05) is 92.1 Å². The average molecular weight is 758 g/mol. The fourth-order valence-electron chi connectivity index (χ4n) is 6.72. The molecule has 3 amide bonds. The number of esters is 1. The van der Waals surface area contributed by atoms with Crippen LogP contribution in [0.3, 0.4) is 0 Å². The van der Waals surface area contributed by atoms with Gasteiger partial charge < -0.3 is 25.4 Å². The highest BCUT2D eigenvalue weighted by Gasteiger charge is 2.37. The molecule has 0 saturated heterocycles. The van der Waals surface area contributed by atoms with Crippen molar-refractivity contribution in [3.8, 4) is 0 Å². The fraction of sp³-hybridized carbons (Fsp3) is 0.650. The molecule has 0 saturated carbocycles. The summed E-state index contributed by atoms with van der Waals surface area (Å²) < 4.78 is 5.78. The Morgan fingerprint density at radius 1 is 0.925 bits per heavy atom. The number of hydrogen-bond donors (Lipinski definition) is 3.